The molecular formula is C6H9N3O3. The summed E-state index contributed by atoms with van der Waals surface area (Å²) < 4.78 is 0. The van der Waals surface area contributed by atoms with E-state index >= 15 is 0 Å². The Kier molecular flexibility index (Phi) is 2.78. The minimum absolute atomic E-state index is 0.240. The van der Waals surface area contributed by atoms with Crippen LogP contribution >= 0.6 is 0 Å². The first-order valence-corrected chi connectivity index (χ1v) is 3.30. The minimum Gasteiger partial charge on any atom is -0.376 e. The first kappa shape index (κ1) is 8.69. The number of aliphatic hydroxyl groups is 2. The second kappa shape index (κ2) is 3.84. The van der Waals surface area contributed by atoms with E-state index in [1.165, 1.54) is 12.3 Å². The van der Waals surface area contributed by atoms with Crippen LogP contribution in [0.4, 0.5) is 5.82 Å². The van der Waals surface area contributed by atoms with E-state index < -0.39 is 5.69 Å². The Balaban J connectivity index is 2.93. The molecule has 1 rings (SSSR count). The lowest BCUT2D eigenvalue weighted by molar-refractivity contribution is 0.221. The van der Waals surface area contributed by atoms with Crippen LogP contribution in [0.5, 0.6) is 0 Å². The molecule has 0 saturated carbocycles. The molecule has 1 aromatic heterocycles. The zero-order chi connectivity index (χ0) is 8.97. The van der Waals surface area contributed by atoms with Crippen molar-refractivity contribution in [2.24, 2.45) is 0 Å². The van der Waals surface area contributed by atoms with E-state index in [4.69, 9.17) is 10.2 Å². The molecule has 0 bridgehead atoms. The Morgan fingerprint density at radius 2 is 2.17 bits per heavy atom. The van der Waals surface area contributed by atoms with Crippen LogP contribution in [0.15, 0.2) is 17.1 Å². The minimum atomic E-state index is -0.514. The van der Waals surface area contributed by atoms with Crippen molar-refractivity contribution in [1.29, 1.82) is 0 Å². The van der Waals surface area contributed by atoms with Crippen molar-refractivity contribution in [3.8, 4) is 0 Å². The Bertz CT molecular complexity index is 294. The number of H-pyrrole nitrogens is 1. The van der Waals surface area contributed by atoms with Gasteiger partial charge in [0.05, 0.1) is 0 Å². The third-order valence-corrected chi connectivity index (χ3v) is 1.32. The highest BCUT2D eigenvalue weighted by atomic mass is 16.3. The second-order valence-electron chi connectivity index (χ2n) is 2.08. The van der Waals surface area contributed by atoms with E-state index in [1.807, 2.05) is 0 Å². The van der Waals surface area contributed by atoms with E-state index in [9.17, 15) is 4.79 Å². The molecule has 0 amide bonds. The number of nitrogens with zero attached hydrogens (tertiary/aromatic N) is 2. The largest absolute Gasteiger partial charge is 0.376 e. The third-order valence-electron chi connectivity index (χ3n) is 1.32. The molecule has 0 atom stereocenters. The monoisotopic (exact) mass is 171 g/mol. The molecule has 1 aromatic rings. The molecule has 0 aliphatic heterocycles. The number of hydrogen-bond donors (Lipinski definition) is 3. The van der Waals surface area contributed by atoms with Crippen molar-refractivity contribution in [3.63, 3.8) is 0 Å². The number of anilines is 1. The van der Waals surface area contributed by atoms with Gasteiger partial charge in [0, 0.05) is 6.20 Å². The fourth-order valence-corrected chi connectivity index (χ4v) is 0.727. The molecule has 0 fully saturated rings. The topological polar surface area (TPSA) is 89.5 Å². The summed E-state index contributed by atoms with van der Waals surface area (Å²) in [5.74, 6) is 0.240. The van der Waals surface area contributed by atoms with E-state index in [-0.39, 0.29) is 19.3 Å². The second-order valence-corrected chi connectivity index (χ2v) is 2.08. The van der Waals surface area contributed by atoms with Crippen molar-refractivity contribution in [2.45, 2.75) is 0 Å². The molecule has 1 heterocycles. The van der Waals surface area contributed by atoms with Crippen LogP contribution in [0, 0.1) is 0 Å². The fourth-order valence-electron chi connectivity index (χ4n) is 0.727. The summed E-state index contributed by atoms with van der Waals surface area (Å²) in [4.78, 5) is 17.6. The number of aliphatic hydroxyl groups excluding tert-OH is 2. The van der Waals surface area contributed by atoms with Gasteiger partial charge in [-0.05, 0) is 6.07 Å². The normalized spacial score (nSPS) is 9.83. The summed E-state index contributed by atoms with van der Waals surface area (Å²) >= 11 is 0. The summed E-state index contributed by atoms with van der Waals surface area (Å²) in [6.07, 6.45) is 1.39. The maximum absolute atomic E-state index is 10.7. The van der Waals surface area contributed by atoms with Crippen molar-refractivity contribution in [2.75, 3.05) is 18.4 Å². The number of hydrogen-bond acceptors (Lipinski definition) is 5. The average Bonchev–Trinajstić information content (AvgIpc) is 2.07. The average molecular weight is 171 g/mol. The molecule has 12 heavy (non-hydrogen) atoms. The first-order valence-electron chi connectivity index (χ1n) is 3.30. The van der Waals surface area contributed by atoms with Crippen LogP contribution in [-0.4, -0.2) is 33.6 Å². The smallest absolute Gasteiger partial charge is 0.346 e. The van der Waals surface area contributed by atoms with Gasteiger partial charge in [-0.1, -0.05) is 0 Å². The number of rotatable bonds is 3. The Morgan fingerprint density at radius 3 is 2.67 bits per heavy atom. The van der Waals surface area contributed by atoms with E-state index in [0.717, 1.165) is 4.90 Å². The van der Waals surface area contributed by atoms with Crippen LogP contribution in [0.2, 0.25) is 0 Å². The summed E-state index contributed by atoms with van der Waals surface area (Å²) in [7, 11) is 0. The van der Waals surface area contributed by atoms with Crippen LogP contribution in [0.1, 0.15) is 0 Å². The SMILES string of the molecule is O=c1nc(N(CO)CO)cc[nH]1. The lowest BCUT2D eigenvalue weighted by Crippen LogP contribution is -2.28. The van der Waals surface area contributed by atoms with Crippen LogP contribution in [0.3, 0.4) is 0 Å². The highest BCUT2D eigenvalue weighted by Gasteiger charge is 2.03. The molecule has 66 valence electrons. The molecule has 0 aromatic carbocycles. The molecule has 0 unspecified atom stereocenters. The summed E-state index contributed by atoms with van der Waals surface area (Å²) in [5.41, 5.74) is -0.514. The number of aromatic amines is 1. The van der Waals surface area contributed by atoms with Gasteiger partial charge in [0.1, 0.15) is 19.3 Å². The van der Waals surface area contributed by atoms with Crippen LogP contribution in [-0.2, 0) is 0 Å². The van der Waals surface area contributed by atoms with E-state index in [2.05, 4.69) is 9.97 Å². The Labute approximate surface area is 68.1 Å². The molecule has 6 nitrogen and oxygen atoms in total. The summed E-state index contributed by atoms with van der Waals surface area (Å²) in [5, 5.41) is 17.4. The van der Waals surface area contributed by atoms with Gasteiger partial charge in [-0.15, -0.1) is 0 Å². The van der Waals surface area contributed by atoms with Gasteiger partial charge < -0.3 is 20.1 Å². The first-order chi connectivity index (χ1) is 5.77. The highest BCUT2D eigenvalue weighted by molar-refractivity contribution is 5.34. The Morgan fingerprint density at radius 1 is 1.50 bits per heavy atom. The van der Waals surface area contributed by atoms with Crippen molar-refractivity contribution in [1.82, 2.24) is 9.97 Å². The van der Waals surface area contributed by atoms with Gasteiger partial charge in [0.15, 0.2) is 0 Å². The zero-order valence-electron chi connectivity index (χ0n) is 6.27. The molecule has 0 spiro atoms. The highest BCUT2D eigenvalue weighted by Crippen LogP contribution is 2.03. The standard InChI is InChI=1S/C6H9N3O3/c10-3-9(4-11)5-1-2-7-6(12)8-5/h1-2,10-11H,3-4H2,(H,7,8,12). The van der Waals surface area contributed by atoms with Gasteiger partial charge in [-0.25, -0.2) is 4.79 Å². The van der Waals surface area contributed by atoms with Gasteiger partial charge in [0.25, 0.3) is 0 Å². The maximum Gasteiger partial charge on any atom is 0.346 e. The third kappa shape index (κ3) is 1.80. The lowest BCUT2D eigenvalue weighted by atomic mass is 10.5. The number of aromatic nitrogens is 2. The molecule has 0 aliphatic carbocycles. The van der Waals surface area contributed by atoms with E-state index in [1.54, 1.807) is 0 Å². The molecule has 3 N–H and O–H groups in total. The van der Waals surface area contributed by atoms with Gasteiger partial charge in [0.2, 0.25) is 0 Å². The summed E-state index contributed by atoms with van der Waals surface area (Å²) in [6, 6.07) is 1.48. The van der Waals surface area contributed by atoms with Crippen LogP contribution in [0.25, 0.3) is 0 Å². The number of nitrogens with one attached hydrogen (secondary N) is 1. The van der Waals surface area contributed by atoms with Crippen molar-refractivity contribution >= 4 is 5.82 Å². The van der Waals surface area contributed by atoms with Crippen molar-refractivity contribution in [3.05, 3.63) is 22.7 Å². The van der Waals surface area contributed by atoms with Gasteiger partial charge >= 0.3 is 5.69 Å². The predicted molar refractivity (Wildman–Crippen MR) is 41.5 cm³/mol. The van der Waals surface area contributed by atoms with Crippen molar-refractivity contribution < 1.29 is 10.2 Å². The molecular weight excluding hydrogens is 162 g/mol. The molecule has 0 saturated heterocycles. The quantitative estimate of drug-likeness (QED) is 0.480. The maximum atomic E-state index is 10.7. The zero-order valence-corrected chi connectivity index (χ0v) is 6.27. The lowest BCUT2D eigenvalue weighted by Gasteiger charge is -2.16. The fraction of sp³-hybridized carbons (Fsp3) is 0.333. The Hall–Kier alpha value is -1.40. The molecule has 0 radical (unpaired) electrons. The van der Waals surface area contributed by atoms with Gasteiger partial charge in [-0.3, -0.25) is 0 Å². The van der Waals surface area contributed by atoms with E-state index in [0.29, 0.717) is 0 Å². The van der Waals surface area contributed by atoms with Crippen LogP contribution < -0.4 is 10.6 Å². The molecule has 0 aliphatic rings. The van der Waals surface area contributed by atoms with Gasteiger partial charge in [-0.2, -0.15) is 4.98 Å². The summed E-state index contributed by atoms with van der Waals surface area (Å²) in [6.45, 7) is -0.764. The molecule has 6 heteroatoms. The predicted octanol–water partition coefficient (Wildman–Crippen LogP) is -1.52.